The van der Waals surface area contributed by atoms with Gasteiger partial charge in [-0.15, -0.1) is 0 Å². The van der Waals surface area contributed by atoms with E-state index < -0.39 is 0 Å². The number of Topliss-reactive ketones (excluding diaryl/α,β-unsaturated/α-hetero) is 1. The fourth-order valence-corrected chi connectivity index (χ4v) is 3.15. The molecule has 0 aromatic heterocycles. The smallest absolute Gasteiger partial charge is 0.141 e. The van der Waals surface area contributed by atoms with Gasteiger partial charge in [0.25, 0.3) is 0 Å². The average molecular weight is 252 g/mol. The third-order valence-corrected chi connectivity index (χ3v) is 4.70. The highest BCUT2D eigenvalue weighted by molar-refractivity contribution is 5.84. The zero-order chi connectivity index (χ0) is 13.3. The van der Waals surface area contributed by atoms with Crippen LogP contribution in [0.25, 0.3) is 0 Å². The van der Waals surface area contributed by atoms with E-state index >= 15 is 0 Å². The molecule has 0 unspecified atom stereocenters. The molecule has 0 aliphatic carbocycles. The number of ketones is 1. The van der Waals surface area contributed by atoms with Crippen molar-refractivity contribution in [3.8, 4) is 0 Å². The number of piperidine rings is 1. The Balaban J connectivity index is 1.75. The van der Waals surface area contributed by atoms with Gasteiger partial charge in [-0.05, 0) is 53.6 Å². The standard InChI is InChI=1S/C15H28N2O/c1-11(2)16-7-5-13(6-8-16)15(18)14-9-17(10-14)12(3)4/h11-14H,5-10H2,1-4H3. The molecule has 18 heavy (non-hydrogen) atoms. The molecular formula is C15H28N2O. The Hall–Kier alpha value is -0.410. The molecule has 0 atom stereocenters. The van der Waals surface area contributed by atoms with Crippen LogP contribution in [0.15, 0.2) is 0 Å². The van der Waals surface area contributed by atoms with Crippen LogP contribution in [0.4, 0.5) is 0 Å². The van der Waals surface area contributed by atoms with Crippen molar-refractivity contribution in [1.29, 1.82) is 0 Å². The molecule has 0 aromatic rings. The normalized spacial score (nSPS) is 24.8. The van der Waals surface area contributed by atoms with Gasteiger partial charge in [0.1, 0.15) is 5.78 Å². The largest absolute Gasteiger partial charge is 0.301 e. The number of hydrogen-bond donors (Lipinski definition) is 0. The van der Waals surface area contributed by atoms with Crippen LogP contribution in [-0.4, -0.2) is 53.8 Å². The van der Waals surface area contributed by atoms with Gasteiger partial charge in [-0.2, -0.15) is 0 Å². The Kier molecular flexibility index (Phi) is 4.44. The van der Waals surface area contributed by atoms with Crippen LogP contribution in [0.3, 0.4) is 0 Å². The van der Waals surface area contributed by atoms with Crippen molar-refractivity contribution >= 4 is 5.78 Å². The lowest BCUT2D eigenvalue weighted by Gasteiger charge is -2.43. The maximum absolute atomic E-state index is 12.4. The Labute approximate surface area is 112 Å². The predicted octanol–water partition coefficient (Wildman–Crippen LogP) is 2.02. The second kappa shape index (κ2) is 5.70. The fraction of sp³-hybridized carbons (Fsp3) is 0.933. The average Bonchev–Trinajstić information content (AvgIpc) is 2.26. The highest BCUT2D eigenvalue weighted by atomic mass is 16.1. The minimum atomic E-state index is 0.336. The highest BCUT2D eigenvalue weighted by Gasteiger charge is 2.38. The van der Waals surface area contributed by atoms with Crippen LogP contribution in [0.1, 0.15) is 40.5 Å². The molecule has 0 spiro atoms. The van der Waals surface area contributed by atoms with Crippen LogP contribution < -0.4 is 0 Å². The molecule has 2 rings (SSSR count). The van der Waals surface area contributed by atoms with Crippen LogP contribution in [-0.2, 0) is 4.79 Å². The lowest BCUT2D eigenvalue weighted by Crippen LogP contribution is -2.55. The third kappa shape index (κ3) is 2.94. The molecule has 0 amide bonds. The van der Waals surface area contributed by atoms with Gasteiger partial charge in [-0.1, -0.05) is 0 Å². The number of likely N-dealkylation sites (tertiary alicyclic amines) is 2. The molecule has 3 heteroatoms. The van der Waals surface area contributed by atoms with E-state index in [9.17, 15) is 4.79 Å². The van der Waals surface area contributed by atoms with Gasteiger partial charge in [0.2, 0.25) is 0 Å². The summed E-state index contributed by atoms with van der Waals surface area (Å²) < 4.78 is 0. The lowest BCUT2D eigenvalue weighted by molar-refractivity contribution is -0.134. The van der Waals surface area contributed by atoms with Gasteiger partial charge >= 0.3 is 0 Å². The Morgan fingerprint density at radius 3 is 1.83 bits per heavy atom. The van der Waals surface area contributed by atoms with E-state index in [0.29, 0.717) is 29.7 Å². The van der Waals surface area contributed by atoms with Crippen LogP contribution in [0.2, 0.25) is 0 Å². The quantitative estimate of drug-likeness (QED) is 0.765. The van der Waals surface area contributed by atoms with Gasteiger partial charge in [0.05, 0.1) is 0 Å². The maximum atomic E-state index is 12.4. The number of hydrogen-bond acceptors (Lipinski definition) is 3. The molecule has 0 bridgehead atoms. The molecule has 2 aliphatic heterocycles. The molecule has 2 aliphatic rings. The first-order valence-electron chi connectivity index (χ1n) is 7.51. The highest BCUT2D eigenvalue weighted by Crippen LogP contribution is 2.27. The van der Waals surface area contributed by atoms with E-state index in [4.69, 9.17) is 0 Å². The molecule has 2 heterocycles. The summed E-state index contributed by atoms with van der Waals surface area (Å²) in [6.45, 7) is 13.1. The Morgan fingerprint density at radius 1 is 0.889 bits per heavy atom. The van der Waals surface area contributed by atoms with E-state index in [2.05, 4.69) is 37.5 Å². The van der Waals surface area contributed by atoms with Gasteiger partial charge in [-0.25, -0.2) is 0 Å². The van der Waals surface area contributed by atoms with E-state index in [1.54, 1.807) is 0 Å². The second-order valence-electron chi connectivity index (χ2n) is 6.55. The first kappa shape index (κ1) is 14.0. The van der Waals surface area contributed by atoms with Crippen molar-refractivity contribution in [1.82, 2.24) is 9.80 Å². The second-order valence-corrected chi connectivity index (χ2v) is 6.55. The Morgan fingerprint density at radius 2 is 1.39 bits per heavy atom. The van der Waals surface area contributed by atoms with Crippen LogP contribution >= 0.6 is 0 Å². The summed E-state index contributed by atoms with van der Waals surface area (Å²) in [6.07, 6.45) is 2.16. The first-order valence-corrected chi connectivity index (χ1v) is 7.51. The Bertz CT molecular complexity index is 287. The monoisotopic (exact) mass is 252 g/mol. The number of carbonyl (C=O) groups excluding carboxylic acids is 1. The summed E-state index contributed by atoms with van der Waals surface area (Å²) in [7, 11) is 0. The summed E-state index contributed by atoms with van der Waals surface area (Å²) in [4.78, 5) is 17.3. The van der Waals surface area contributed by atoms with Crippen LogP contribution in [0, 0.1) is 11.8 Å². The summed E-state index contributed by atoms with van der Waals surface area (Å²) >= 11 is 0. The van der Waals surface area contributed by atoms with E-state index in [0.717, 1.165) is 39.0 Å². The summed E-state index contributed by atoms with van der Waals surface area (Å²) in [6, 6.07) is 1.22. The van der Waals surface area contributed by atoms with Gasteiger partial charge in [-0.3, -0.25) is 9.69 Å². The van der Waals surface area contributed by atoms with E-state index in [-0.39, 0.29) is 0 Å². The van der Waals surface area contributed by atoms with Crippen molar-refractivity contribution in [2.75, 3.05) is 26.2 Å². The van der Waals surface area contributed by atoms with E-state index in [1.165, 1.54) is 0 Å². The minimum absolute atomic E-state index is 0.336. The molecule has 0 N–H and O–H groups in total. The summed E-state index contributed by atoms with van der Waals surface area (Å²) in [5, 5.41) is 0. The van der Waals surface area contributed by atoms with Crippen molar-refractivity contribution in [2.45, 2.75) is 52.6 Å². The third-order valence-electron chi connectivity index (χ3n) is 4.70. The molecule has 3 nitrogen and oxygen atoms in total. The predicted molar refractivity (Wildman–Crippen MR) is 74.6 cm³/mol. The molecule has 0 radical (unpaired) electrons. The molecule has 2 saturated heterocycles. The van der Waals surface area contributed by atoms with Gasteiger partial charge in [0.15, 0.2) is 0 Å². The van der Waals surface area contributed by atoms with Crippen LogP contribution in [0.5, 0.6) is 0 Å². The SMILES string of the molecule is CC(C)N1CCC(C(=O)C2CN(C(C)C)C2)CC1. The molecular weight excluding hydrogens is 224 g/mol. The molecule has 0 aromatic carbocycles. The maximum Gasteiger partial charge on any atom is 0.141 e. The molecule has 104 valence electrons. The molecule has 0 saturated carbocycles. The first-order chi connectivity index (χ1) is 8.49. The zero-order valence-corrected chi connectivity index (χ0v) is 12.4. The topological polar surface area (TPSA) is 23.6 Å². The van der Waals surface area contributed by atoms with Crippen molar-refractivity contribution in [2.24, 2.45) is 11.8 Å². The minimum Gasteiger partial charge on any atom is -0.301 e. The molecule has 2 fully saturated rings. The number of rotatable bonds is 4. The van der Waals surface area contributed by atoms with Crippen molar-refractivity contribution in [3.63, 3.8) is 0 Å². The number of carbonyl (C=O) groups is 1. The summed E-state index contributed by atoms with van der Waals surface area (Å²) in [5.74, 6) is 1.23. The fourth-order valence-electron chi connectivity index (χ4n) is 3.15. The van der Waals surface area contributed by atoms with Gasteiger partial charge in [0, 0.05) is 37.0 Å². The zero-order valence-electron chi connectivity index (χ0n) is 12.4. The van der Waals surface area contributed by atoms with E-state index in [1.807, 2.05) is 0 Å². The van der Waals surface area contributed by atoms with Gasteiger partial charge < -0.3 is 4.90 Å². The lowest BCUT2D eigenvalue weighted by atomic mass is 9.81. The van der Waals surface area contributed by atoms with Crippen molar-refractivity contribution < 1.29 is 4.79 Å². The summed E-state index contributed by atoms with van der Waals surface area (Å²) in [5.41, 5.74) is 0. The number of nitrogens with zero attached hydrogens (tertiary/aromatic N) is 2. The van der Waals surface area contributed by atoms with Crippen molar-refractivity contribution in [3.05, 3.63) is 0 Å².